The summed E-state index contributed by atoms with van der Waals surface area (Å²) in [7, 11) is 0. The zero-order chi connectivity index (χ0) is 16.8. The first-order chi connectivity index (χ1) is 10.8. The SMILES string of the molecule is C=C1CCC2C(C)(C(=O)O)CCCC2(C)C1CC1OCC=C1C. The molecule has 0 amide bonds. The van der Waals surface area contributed by atoms with Crippen molar-refractivity contribution in [2.45, 2.75) is 65.4 Å². The number of carboxylic acid groups (broad SMARTS) is 1. The van der Waals surface area contributed by atoms with Crippen LogP contribution in [0, 0.1) is 22.7 Å². The Hall–Kier alpha value is -1.09. The summed E-state index contributed by atoms with van der Waals surface area (Å²) in [4.78, 5) is 12.0. The Morgan fingerprint density at radius 3 is 2.78 bits per heavy atom. The van der Waals surface area contributed by atoms with Crippen LogP contribution in [-0.2, 0) is 9.53 Å². The normalized spacial score (nSPS) is 43.9. The summed E-state index contributed by atoms with van der Waals surface area (Å²) in [6, 6.07) is 0. The molecule has 2 fully saturated rings. The van der Waals surface area contributed by atoms with Crippen molar-refractivity contribution in [3.63, 3.8) is 0 Å². The van der Waals surface area contributed by atoms with Crippen LogP contribution in [-0.4, -0.2) is 23.8 Å². The van der Waals surface area contributed by atoms with E-state index in [-0.39, 0.29) is 17.4 Å². The van der Waals surface area contributed by atoms with Crippen LogP contribution in [0.15, 0.2) is 23.8 Å². The predicted octanol–water partition coefficient (Wildman–Crippen LogP) is 4.59. The van der Waals surface area contributed by atoms with Crippen molar-refractivity contribution >= 4 is 5.97 Å². The van der Waals surface area contributed by atoms with E-state index in [9.17, 15) is 9.90 Å². The highest BCUT2D eigenvalue weighted by molar-refractivity contribution is 5.75. The molecule has 0 saturated heterocycles. The van der Waals surface area contributed by atoms with Gasteiger partial charge in [-0.05, 0) is 68.8 Å². The van der Waals surface area contributed by atoms with Crippen LogP contribution in [0.1, 0.15) is 59.3 Å². The summed E-state index contributed by atoms with van der Waals surface area (Å²) < 4.78 is 5.89. The average molecular weight is 318 g/mol. The lowest BCUT2D eigenvalue weighted by Gasteiger charge is -2.57. The van der Waals surface area contributed by atoms with Gasteiger partial charge in [-0.1, -0.05) is 31.6 Å². The highest BCUT2D eigenvalue weighted by Gasteiger charge is 2.57. The van der Waals surface area contributed by atoms with Crippen molar-refractivity contribution in [3.05, 3.63) is 23.8 Å². The molecule has 3 nitrogen and oxygen atoms in total. The number of fused-ring (bicyclic) bond motifs is 1. The molecule has 128 valence electrons. The fourth-order valence-corrected chi connectivity index (χ4v) is 5.67. The smallest absolute Gasteiger partial charge is 0.309 e. The van der Waals surface area contributed by atoms with Crippen LogP contribution in [0.5, 0.6) is 0 Å². The molecule has 5 atom stereocenters. The first-order valence-corrected chi connectivity index (χ1v) is 8.98. The predicted molar refractivity (Wildman–Crippen MR) is 91.2 cm³/mol. The molecule has 0 aromatic carbocycles. The molecule has 1 aliphatic heterocycles. The van der Waals surface area contributed by atoms with Gasteiger partial charge in [-0.3, -0.25) is 4.79 Å². The monoisotopic (exact) mass is 318 g/mol. The number of hydrogen-bond donors (Lipinski definition) is 1. The minimum absolute atomic E-state index is 0.0347. The fourth-order valence-electron chi connectivity index (χ4n) is 5.67. The Morgan fingerprint density at radius 2 is 2.17 bits per heavy atom. The minimum Gasteiger partial charge on any atom is -0.481 e. The summed E-state index contributed by atoms with van der Waals surface area (Å²) in [5, 5.41) is 9.87. The van der Waals surface area contributed by atoms with Gasteiger partial charge in [0.1, 0.15) is 0 Å². The molecule has 2 aliphatic carbocycles. The Labute approximate surface area is 139 Å². The van der Waals surface area contributed by atoms with Crippen LogP contribution >= 0.6 is 0 Å². The first-order valence-electron chi connectivity index (χ1n) is 8.98. The molecule has 3 heteroatoms. The summed E-state index contributed by atoms with van der Waals surface area (Å²) in [6.45, 7) is 11.5. The third kappa shape index (κ3) is 2.57. The lowest BCUT2D eigenvalue weighted by molar-refractivity contribution is -0.164. The molecule has 5 unspecified atom stereocenters. The number of carbonyl (C=O) groups is 1. The molecular weight excluding hydrogens is 288 g/mol. The molecular formula is C20H30O3. The van der Waals surface area contributed by atoms with Crippen LogP contribution in [0.4, 0.5) is 0 Å². The number of aliphatic carboxylic acids is 1. The van der Waals surface area contributed by atoms with Gasteiger partial charge >= 0.3 is 5.97 Å². The molecule has 2 saturated carbocycles. The molecule has 23 heavy (non-hydrogen) atoms. The van der Waals surface area contributed by atoms with Crippen LogP contribution in [0.2, 0.25) is 0 Å². The Morgan fingerprint density at radius 1 is 1.43 bits per heavy atom. The Kier molecular flexibility index (Phi) is 4.20. The van der Waals surface area contributed by atoms with Gasteiger partial charge in [-0.15, -0.1) is 0 Å². The molecule has 1 N–H and O–H groups in total. The van der Waals surface area contributed by atoms with E-state index in [0.29, 0.717) is 12.5 Å². The molecule has 3 rings (SSSR count). The quantitative estimate of drug-likeness (QED) is 0.774. The Balaban J connectivity index is 1.91. The maximum absolute atomic E-state index is 12.0. The van der Waals surface area contributed by atoms with Crippen molar-refractivity contribution in [1.82, 2.24) is 0 Å². The lowest BCUT2D eigenvalue weighted by atomic mass is 9.46. The van der Waals surface area contributed by atoms with E-state index in [1.165, 1.54) is 11.1 Å². The maximum atomic E-state index is 12.0. The molecule has 0 aromatic heterocycles. The van der Waals surface area contributed by atoms with Gasteiger partial charge < -0.3 is 9.84 Å². The van der Waals surface area contributed by atoms with E-state index < -0.39 is 11.4 Å². The fraction of sp³-hybridized carbons (Fsp3) is 0.750. The molecule has 0 spiro atoms. The highest BCUT2D eigenvalue weighted by Crippen LogP contribution is 2.62. The van der Waals surface area contributed by atoms with E-state index in [2.05, 4.69) is 26.5 Å². The van der Waals surface area contributed by atoms with Crippen molar-refractivity contribution in [1.29, 1.82) is 0 Å². The van der Waals surface area contributed by atoms with E-state index >= 15 is 0 Å². The Bertz CT molecular complexity index is 549. The standard InChI is InChI=1S/C20H30O3/c1-13-6-7-17-19(3,9-5-10-20(17,4)18(21)22)15(13)12-16-14(2)8-11-23-16/h8,15-17H,1,5-7,9-12H2,2-4H3,(H,21,22). The molecule has 1 heterocycles. The number of rotatable bonds is 3. The van der Waals surface area contributed by atoms with Gasteiger partial charge in [0.2, 0.25) is 0 Å². The zero-order valence-corrected chi connectivity index (χ0v) is 14.7. The summed E-state index contributed by atoms with van der Waals surface area (Å²) in [5.74, 6) is -0.0120. The number of ether oxygens (including phenoxy) is 1. The van der Waals surface area contributed by atoms with Crippen molar-refractivity contribution in [3.8, 4) is 0 Å². The van der Waals surface area contributed by atoms with Gasteiger partial charge in [0.15, 0.2) is 0 Å². The largest absolute Gasteiger partial charge is 0.481 e. The van der Waals surface area contributed by atoms with Crippen molar-refractivity contribution in [2.75, 3.05) is 6.61 Å². The summed E-state index contributed by atoms with van der Waals surface area (Å²) in [6.07, 6.45) is 8.16. The highest BCUT2D eigenvalue weighted by atomic mass is 16.5. The van der Waals surface area contributed by atoms with Crippen molar-refractivity contribution in [2.24, 2.45) is 22.7 Å². The average Bonchev–Trinajstić information content (AvgIpc) is 2.88. The van der Waals surface area contributed by atoms with Gasteiger partial charge in [0.25, 0.3) is 0 Å². The molecule has 0 radical (unpaired) electrons. The number of allylic oxidation sites excluding steroid dienone is 1. The van der Waals surface area contributed by atoms with E-state index in [1.807, 2.05) is 6.92 Å². The van der Waals surface area contributed by atoms with Gasteiger partial charge in [-0.2, -0.15) is 0 Å². The van der Waals surface area contributed by atoms with Gasteiger partial charge in [0, 0.05) is 0 Å². The third-order valence-corrected chi connectivity index (χ3v) is 7.17. The summed E-state index contributed by atoms with van der Waals surface area (Å²) >= 11 is 0. The summed E-state index contributed by atoms with van der Waals surface area (Å²) in [5.41, 5.74) is 2.07. The lowest BCUT2D eigenvalue weighted by Crippen LogP contribution is -2.53. The topological polar surface area (TPSA) is 46.5 Å². The van der Waals surface area contributed by atoms with E-state index in [4.69, 9.17) is 4.74 Å². The molecule has 0 aromatic rings. The zero-order valence-electron chi connectivity index (χ0n) is 14.7. The number of carboxylic acids is 1. The van der Waals surface area contributed by atoms with Crippen molar-refractivity contribution < 1.29 is 14.6 Å². The van der Waals surface area contributed by atoms with Crippen LogP contribution < -0.4 is 0 Å². The molecule has 0 bridgehead atoms. The second-order valence-corrected chi connectivity index (χ2v) is 8.39. The number of hydrogen-bond acceptors (Lipinski definition) is 2. The second kappa shape index (κ2) is 5.77. The van der Waals surface area contributed by atoms with E-state index in [1.54, 1.807) is 0 Å². The minimum atomic E-state index is -0.618. The van der Waals surface area contributed by atoms with Crippen LogP contribution in [0.25, 0.3) is 0 Å². The first kappa shape index (κ1) is 16.8. The van der Waals surface area contributed by atoms with Gasteiger partial charge in [-0.25, -0.2) is 0 Å². The second-order valence-electron chi connectivity index (χ2n) is 8.39. The van der Waals surface area contributed by atoms with Crippen LogP contribution in [0.3, 0.4) is 0 Å². The maximum Gasteiger partial charge on any atom is 0.309 e. The van der Waals surface area contributed by atoms with E-state index in [0.717, 1.165) is 38.5 Å². The third-order valence-electron chi connectivity index (χ3n) is 7.17. The van der Waals surface area contributed by atoms with Gasteiger partial charge in [0.05, 0.1) is 18.1 Å². The molecule has 3 aliphatic rings.